The predicted octanol–water partition coefficient (Wildman–Crippen LogP) is 3.83. The van der Waals surface area contributed by atoms with Gasteiger partial charge in [-0.15, -0.1) is 0 Å². The van der Waals surface area contributed by atoms with Crippen LogP contribution in [0.4, 0.5) is 0 Å². The third kappa shape index (κ3) is 2.50. The van der Waals surface area contributed by atoms with Crippen molar-refractivity contribution in [3.05, 3.63) is 28.3 Å². The molecule has 0 aromatic heterocycles. The molecular formula is C15H22ClNO. The lowest BCUT2D eigenvalue weighted by Gasteiger charge is -2.28. The van der Waals surface area contributed by atoms with E-state index in [9.17, 15) is 0 Å². The summed E-state index contributed by atoms with van der Waals surface area (Å²) in [6.45, 7) is 7.55. The molecule has 1 heterocycles. The minimum atomic E-state index is 0.288. The highest BCUT2D eigenvalue weighted by Crippen LogP contribution is 2.40. The molecule has 2 rings (SSSR count). The summed E-state index contributed by atoms with van der Waals surface area (Å²) in [5, 5.41) is 4.23. The summed E-state index contributed by atoms with van der Waals surface area (Å²) in [6.07, 6.45) is 0.968. The third-order valence-electron chi connectivity index (χ3n) is 4.00. The average molecular weight is 268 g/mol. The fourth-order valence-electron chi connectivity index (χ4n) is 2.62. The van der Waals surface area contributed by atoms with Gasteiger partial charge < -0.3 is 10.1 Å². The van der Waals surface area contributed by atoms with Crippen molar-refractivity contribution in [2.75, 3.05) is 13.7 Å². The Morgan fingerprint density at radius 2 is 2.00 bits per heavy atom. The zero-order valence-corrected chi connectivity index (χ0v) is 12.3. The van der Waals surface area contributed by atoms with Crippen LogP contribution in [0.3, 0.4) is 0 Å². The van der Waals surface area contributed by atoms with Crippen molar-refractivity contribution in [3.63, 3.8) is 0 Å². The Labute approximate surface area is 115 Å². The van der Waals surface area contributed by atoms with E-state index in [0.717, 1.165) is 23.8 Å². The van der Waals surface area contributed by atoms with Crippen molar-refractivity contribution >= 4 is 11.6 Å². The van der Waals surface area contributed by atoms with E-state index >= 15 is 0 Å². The van der Waals surface area contributed by atoms with Gasteiger partial charge in [-0.05, 0) is 36.6 Å². The second-order valence-corrected chi connectivity index (χ2v) is 5.89. The molecule has 1 aliphatic heterocycles. The normalized spacial score (nSPS) is 17.4. The summed E-state index contributed by atoms with van der Waals surface area (Å²) in [4.78, 5) is 0. The molecule has 2 nitrogen and oxygen atoms in total. The maximum atomic E-state index is 6.23. The van der Waals surface area contributed by atoms with Crippen molar-refractivity contribution < 1.29 is 4.74 Å². The van der Waals surface area contributed by atoms with Crippen LogP contribution in [0.15, 0.2) is 12.1 Å². The van der Waals surface area contributed by atoms with Crippen LogP contribution in [0.2, 0.25) is 5.02 Å². The summed E-state index contributed by atoms with van der Waals surface area (Å²) < 4.78 is 5.80. The monoisotopic (exact) mass is 267 g/mol. The molecule has 3 heteroatoms. The van der Waals surface area contributed by atoms with E-state index in [-0.39, 0.29) is 6.04 Å². The molecule has 0 spiro atoms. The molecule has 18 heavy (non-hydrogen) atoms. The molecule has 0 bridgehead atoms. The van der Waals surface area contributed by atoms with E-state index < -0.39 is 0 Å². The first-order valence-electron chi connectivity index (χ1n) is 6.67. The molecule has 2 atom stereocenters. The van der Waals surface area contributed by atoms with Crippen molar-refractivity contribution in [3.8, 4) is 5.75 Å². The van der Waals surface area contributed by atoms with Gasteiger partial charge in [-0.25, -0.2) is 0 Å². The molecule has 1 aromatic carbocycles. The van der Waals surface area contributed by atoms with E-state index in [1.807, 2.05) is 19.2 Å². The molecule has 0 saturated carbocycles. The van der Waals surface area contributed by atoms with Crippen molar-refractivity contribution in [1.29, 1.82) is 0 Å². The van der Waals surface area contributed by atoms with Crippen molar-refractivity contribution in [1.82, 2.24) is 5.32 Å². The molecule has 0 fully saturated rings. The van der Waals surface area contributed by atoms with Gasteiger partial charge in [-0.2, -0.15) is 0 Å². The van der Waals surface area contributed by atoms with Gasteiger partial charge in [0.1, 0.15) is 5.75 Å². The van der Waals surface area contributed by atoms with Crippen LogP contribution < -0.4 is 10.1 Å². The number of fused-ring (bicyclic) bond motifs is 1. The first-order valence-corrected chi connectivity index (χ1v) is 7.04. The summed E-state index contributed by atoms with van der Waals surface area (Å²) in [5.74, 6) is 2.19. The molecule has 0 saturated heterocycles. The number of hydrogen-bond acceptors (Lipinski definition) is 2. The quantitative estimate of drug-likeness (QED) is 0.895. The Bertz CT molecular complexity index is 431. The van der Waals surface area contributed by atoms with E-state index in [1.54, 1.807) is 0 Å². The Morgan fingerprint density at radius 1 is 1.28 bits per heavy atom. The van der Waals surface area contributed by atoms with Gasteiger partial charge >= 0.3 is 0 Å². The van der Waals surface area contributed by atoms with Crippen molar-refractivity contribution in [2.45, 2.75) is 33.2 Å². The number of halogens is 1. The lowest BCUT2D eigenvalue weighted by atomic mass is 9.85. The van der Waals surface area contributed by atoms with Crippen LogP contribution in [0, 0.1) is 11.8 Å². The van der Waals surface area contributed by atoms with Crippen LogP contribution in [-0.2, 0) is 6.42 Å². The largest absolute Gasteiger partial charge is 0.493 e. The highest BCUT2D eigenvalue weighted by Gasteiger charge is 2.27. The Hall–Kier alpha value is -0.730. The van der Waals surface area contributed by atoms with Gasteiger partial charge in [0.25, 0.3) is 0 Å². The van der Waals surface area contributed by atoms with Crippen LogP contribution in [0.5, 0.6) is 5.75 Å². The van der Waals surface area contributed by atoms with E-state index in [1.165, 1.54) is 11.1 Å². The van der Waals surface area contributed by atoms with Crippen LogP contribution in [-0.4, -0.2) is 13.7 Å². The molecule has 0 aliphatic carbocycles. The Balaban J connectivity index is 2.42. The van der Waals surface area contributed by atoms with Crippen LogP contribution in [0.1, 0.15) is 37.9 Å². The third-order valence-corrected chi connectivity index (χ3v) is 4.22. The van der Waals surface area contributed by atoms with Gasteiger partial charge in [0.2, 0.25) is 0 Å². The predicted molar refractivity (Wildman–Crippen MR) is 76.5 cm³/mol. The van der Waals surface area contributed by atoms with Gasteiger partial charge in [-0.3, -0.25) is 0 Å². The van der Waals surface area contributed by atoms with Gasteiger partial charge in [0.05, 0.1) is 6.61 Å². The summed E-state index contributed by atoms with van der Waals surface area (Å²) >= 11 is 6.23. The summed E-state index contributed by atoms with van der Waals surface area (Å²) in [7, 11) is 2.01. The second kappa shape index (κ2) is 5.50. The molecule has 100 valence electrons. The summed E-state index contributed by atoms with van der Waals surface area (Å²) in [5.41, 5.74) is 2.45. The molecule has 0 amide bonds. The highest BCUT2D eigenvalue weighted by molar-refractivity contribution is 6.30. The van der Waals surface area contributed by atoms with E-state index in [0.29, 0.717) is 11.8 Å². The minimum absolute atomic E-state index is 0.288. The molecule has 2 unspecified atom stereocenters. The zero-order valence-electron chi connectivity index (χ0n) is 11.6. The first kappa shape index (κ1) is 13.7. The molecule has 1 aromatic rings. The topological polar surface area (TPSA) is 21.3 Å². The zero-order chi connectivity index (χ0) is 13.3. The number of nitrogens with one attached hydrogen (secondary N) is 1. The maximum absolute atomic E-state index is 6.23. The Morgan fingerprint density at radius 3 is 2.61 bits per heavy atom. The van der Waals surface area contributed by atoms with E-state index in [2.05, 4.69) is 26.1 Å². The highest BCUT2D eigenvalue weighted by atomic mass is 35.5. The smallest absolute Gasteiger partial charge is 0.127 e. The standard InChI is InChI=1S/C15H22ClNO/c1-9(2)10(3)14(17-4)13-8-12(16)7-11-5-6-18-15(11)13/h7-10,14,17H,5-6H2,1-4H3. The molecular weight excluding hydrogens is 246 g/mol. The average Bonchev–Trinajstić information content (AvgIpc) is 2.77. The van der Waals surface area contributed by atoms with Crippen LogP contribution in [0.25, 0.3) is 0 Å². The van der Waals surface area contributed by atoms with Crippen molar-refractivity contribution in [2.24, 2.45) is 11.8 Å². The Kier molecular flexibility index (Phi) is 4.18. The number of benzene rings is 1. The fourth-order valence-corrected chi connectivity index (χ4v) is 2.86. The second-order valence-electron chi connectivity index (χ2n) is 5.45. The lowest BCUT2D eigenvalue weighted by molar-refractivity contribution is 0.300. The number of ether oxygens (including phenoxy) is 1. The SMILES string of the molecule is CNC(c1cc(Cl)cc2c1OCC2)C(C)C(C)C. The minimum Gasteiger partial charge on any atom is -0.493 e. The van der Waals surface area contributed by atoms with Gasteiger partial charge in [0.15, 0.2) is 0 Å². The fraction of sp³-hybridized carbons (Fsp3) is 0.600. The molecule has 1 aliphatic rings. The van der Waals surface area contributed by atoms with E-state index in [4.69, 9.17) is 16.3 Å². The lowest BCUT2D eigenvalue weighted by Crippen LogP contribution is -2.27. The van der Waals surface area contributed by atoms with Crippen LogP contribution >= 0.6 is 11.6 Å². The number of rotatable bonds is 4. The maximum Gasteiger partial charge on any atom is 0.127 e. The first-order chi connectivity index (χ1) is 8.54. The molecule has 1 N–H and O–H groups in total. The molecule has 0 radical (unpaired) electrons. The van der Waals surface area contributed by atoms with Gasteiger partial charge in [-0.1, -0.05) is 32.4 Å². The summed E-state index contributed by atoms with van der Waals surface area (Å²) in [6, 6.07) is 4.36. The number of hydrogen-bond donors (Lipinski definition) is 1. The van der Waals surface area contributed by atoms with Gasteiger partial charge in [0, 0.05) is 23.0 Å².